The van der Waals surface area contributed by atoms with Crippen LogP contribution < -0.4 is 10.2 Å². The van der Waals surface area contributed by atoms with E-state index in [4.69, 9.17) is 14.7 Å². The number of nitrogens with one attached hydrogen (secondary N) is 1. The van der Waals surface area contributed by atoms with Crippen LogP contribution in [0.25, 0.3) is 11.3 Å². The van der Waals surface area contributed by atoms with Crippen molar-refractivity contribution in [1.82, 2.24) is 10.5 Å². The summed E-state index contributed by atoms with van der Waals surface area (Å²) in [5, 5.41) is 8.40. The largest absolute Gasteiger partial charge is 0.497 e. The Morgan fingerprint density at radius 3 is 2.28 bits per heavy atom. The van der Waals surface area contributed by atoms with Gasteiger partial charge in [-0.15, -0.1) is 0 Å². The summed E-state index contributed by atoms with van der Waals surface area (Å²) >= 11 is 0. The van der Waals surface area contributed by atoms with E-state index in [0.29, 0.717) is 6.54 Å². The smallest absolute Gasteiger partial charge is 0.119 e. The van der Waals surface area contributed by atoms with Gasteiger partial charge in [0.25, 0.3) is 0 Å². The molecule has 0 unspecified atom stereocenters. The Morgan fingerprint density at radius 2 is 1.72 bits per heavy atom. The third kappa shape index (κ3) is 8.61. The Kier molecular flexibility index (Phi) is 13.3. The number of carbonyl (C=O) groups excluding carboxylic acids is 1. The molecule has 2 N–H and O–H groups in total. The third-order valence-electron chi connectivity index (χ3n) is 5.10. The van der Waals surface area contributed by atoms with Crippen LogP contribution in [0.5, 0.6) is 5.75 Å². The molecule has 0 radical (unpaired) electrons. The van der Waals surface area contributed by atoms with Crippen molar-refractivity contribution in [3.8, 4) is 17.0 Å². The number of nitrogens with zero attached hydrogens (tertiary/aromatic N) is 1. The highest BCUT2D eigenvalue weighted by Crippen LogP contribution is 2.29. The molecule has 5 heteroatoms. The number of hydroxylamine groups is 1. The molecule has 0 amide bonds. The summed E-state index contributed by atoms with van der Waals surface area (Å²) in [4.78, 5) is 12.5. The van der Waals surface area contributed by atoms with E-state index < -0.39 is 0 Å². The SMILES string of the molecule is C=O.CCCCc1ccc(OC)cc1-c1ncccc1C.CCc1ccc(CNO)cc1. The number of hydrogen-bond donors (Lipinski definition) is 2. The van der Waals surface area contributed by atoms with Gasteiger partial charge in [-0.05, 0) is 66.6 Å². The first kappa shape index (κ1) is 27.0. The normalized spacial score (nSPS) is 9.78. The third-order valence-corrected chi connectivity index (χ3v) is 5.10. The molecule has 1 aromatic heterocycles. The average molecular weight is 437 g/mol. The fraction of sp³-hybridized carbons (Fsp3) is 0.333. The average Bonchev–Trinajstić information content (AvgIpc) is 2.85. The van der Waals surface area contributed by atoms with Gasteiger partial charge in [0.15, 0.2) is 0 Å². The Labute approximate surface area is 192 Å². The van der Waals surface area contributed by atoms with Gasteiger partial charge in [0.05, 0.1) is 12.8 Å². The topological polar surface area (TPSA) is 71.5 Å². The predicted octanol–water partition coefficient (Wildman–Crippen LogP) is 5.95. The Bertz CT molecular complexity index is 911. The summed E-state index contributed by atoms with van der Waals surface area (Å²) < 4.78 is 5.35. The van der Waals surface area contributed by atoms with Crippen molar-refractivity contribution in [2.75, 3.05) is 7.11 Å². The monoisotopic (exact) mass is 436 g/mol. The zero-order valence-electron chi connectivity index (χ0n) is 19.7. The molecule has 1 heterocycles. The van der Waals surface area contributed by atoms with Crippen LogP contribution >= 0.6 is 0 Å². The summed E-state index contributed by atoms with van der Waals surface area (Å²) in [5.41, 5.74) is 9.36. The van der Waals surface area contributed by atoms with Crippen LogP contribution in [0.1, 0.15) is 48.9 Å². The molecule has 5 nitrogen and oxygen atoms in total. The lowest BCUT2D eigenvalue weighted by Gasteiger charge is -2.12. The van der Waals surface area contributed by atoms with Gasteiger partial charge >= 0.3 is 0 Å². The molecule has 0 aliphatic carbocycles. The quantitative estimate of drug-likeness (QED) is 0.427. The van der Waals surface area contributed by atoms with E-state index in [1.165, 1.54) is 35.1 Å². The number of carbonyl (C=O) groups is 1. The van der Waals surface area contributed by atoms with Crippen LogP contribution in [-0.4, -0.2) is 24.1 Å². The van der Waals surface area contributed by atoms with Gasteiger partial charge in [0.2, 0.25) is 0 Å². The first-order valence-corrected chi connectivity index (χ1v) is 10.9. The molecule has 0 aliphatic heterocycles. The summed E-state index contributed by atoms with van der Waals surface area (Å²) in [6, 6.07) is 18.6. The molecule has 3 rings (SSSR count). The molecule has 0 bridgehead atoms. The number of methoxy groups -OCH3 is 1. The molecule has 0 saturated carbocycles. The number of unbranched alkanes of at least 4 members (excludes halogenated alkanes) is 1. The maximum absolute atomic E-state index is 8.40. The summed E-state index contributed by atoms with van der Waals surface area (Å²) in [7, 11) is 1.70. The first-order valence-electron chi connectivity index (χ1n) is 10.9. The van der Waals surface area contributed by atoms with Crippen molar-refractivity contribution < 1.29 is 14.7 Å². The molecule has 2 aromatic carbocycles. The highest BCUT2D eigenvalue weighted by molar-refractivity contribution is 5.68. The number of benzene rings is 2. The van der Waals surface area contributed by atoms with Crippen LogP contribution in [0.15, 0.2) is 60.8 Å². The van der Waals surface area contributed by atoms with Crippen LogP contribution in [0, 0.1) is 6.92 Å². The molecule has 172 valence electrons. The van der Waals surface area contributed by atoms with Crippen LogP contribution in [-0.2, 0) is 24.2 Å². The maximum atomic E-state index is 8.40. The van der Waals surface area contributed by atoms with Crippen LogP contribution in [0.2, 0.25) is 0 Å². The number of hydrogen-bond acceptors (Lipinski definition) is 5. The molecule has 0 fully saturated rings. The molecule has 0 spiro atoms. The van der Waals surface area contributed by atoms with Gasteiger partial charge in [0.1, 0.15) is 12.5 Å². The van der Waals surface area contributed by atoms with E-state index in [2.05, 4.69) is 61.6 Å². The second-order valence-corrected chi connectivity index (χ2v) is 7.30. The molecule has 3 aromatic rings. The van der Waals surface area contributed by atoms with E-state index in [1.54, 1.807) is 7.11 Å². The highest BCUT2D eigenvalue weighted by atomic mass is 16.5. The van der Waals surface area contributed by atoms with E-state index in [1.807, 2.05) is 37.3 Å². The summed E-state index contributed by atoms with van der Waals surface area (Å²) in [6.45, 7) is 8.96. The van der Waals surface area contributed by atoms with E-state index in [0.717, 1.165) is 29.8 Å². The number of pyridine rings is 1. The lowest BCUT2D eigenvalue weighted by Crippen LogP contribution is -2.05. The number of aromatic nitrogens is 1. The second kappa shape index (κ2) is 15.7. The van der Waals surface area contributed by atoms with Gasteiger partial charge in [0, 0.05) is 18.3 Å². The van der Waals surface area contributed by atoms with Gasteiger partial charge < -0.3 is 14.7 Å². The standard InChI is InChI=1S/C17H21NO.C9H13NO.CH2O/c1-4-5-8-14-9-10-15(19-3)12-16(14)17-13(2)7-6-11-18-17;1-2-8-3-5-9(6-4-8)7-10-11;1-2/h6-7,9-12H,4-5,8H2,1-3H3;3-6,10-11H,2,7H2,1H3;1H2. The lowest BCUT2D eigenvalue weighted by molar-refractivity contribution is -0.0979. The van der Waals surface area contributed by atoms with Crippen LogP contribution in [0.3, 0.4) is 0 Å². The zero-order chi connectivity index (χ0) is 23.8. The predicted molar refractivity (Wildman–Crippen MR) is 131 cm³/mol. The minimum Gasteiger partial charge on any atom is -0.497 e. The number of aryl methyl sites for hydroxylation is 3. The summed E-state index contributed by atoms with van der Waals surface area (Å²) in [5.74, 6) is 0.889. The van der Waals surface area contributed by atoms with Gasteiger partial charge in [-0.2, -0.15) is 0 Å². The molecule has 0 atom stereocenters. The number of ether oxygens (including phenoxy) is 1. The minimum absolute atomic E-state index is 0.518. The van der Waals surface area contributed by atoms with E-state index >= 15 is 0 Å². The fourth-order valence-electron chi connectivity index (χ4n) is 3.24. The molecular formula is C27H36N2O3. The first-order chi connectivity index (χ1) is 15.6. The zero-order valence-corrected chi connectivity index (χ0v) is 19.7. The fourth-order valence-corrected chi connectivity index (χ4v) is 3.24. The maximum Gasteiger partial charge on any atom is 0.119 e. The van der Waals surface area contributed by atoms with Crippen molar-refractivity contribution in [2.45, 2.75) is 53.0 Å². The Morgan fingerprint density at radius 1 is 1.03 bits per heavy atom. The van der Waals surface area contributed by atoms with Crippen molar-refractivity contribution in [3.05, 3.63) is 83.0 Å². The van der Waals surface area contributed by atoms with Crippen molar-refractivity contribution in [3.63, 3.8) is 0 Å². The summed E-state index contributed by atoms with van der Waals surface area (Å²) in [6.07, 6.45) is 6.40. The van der Waals surface area contributed by atoms with Gasteiger partial charge in [-0.1, -0.05) is 56.7 Å². The van der Waals surface area contributed by atoms with Crippen molar-refractivity contribution in [2.24, 2.45) is 0 Å². The molecule has 32 heavy (non-hydrogen) atoms. The van der Waals surface area contributed by atoms with Crippen molar-refractivity contribution >= 4 is 6.79 Å². The van der Waals surface area contributed by atoms with Gasteiger partial charge in [-0.3, -0.25) is 4.98 Å². The molecule has 0 aliphatic rings. The lowest BCUT2D eigenvalue weighted by atomic mass is 9.97. The second-order valence-electron chi connectivity index (χ2n) is 7.30. The van der Waals surface area contributed by atoms with Crippen LogP contribution in [0.4, 0.5) is 0 Å². The highest BCUT2D eigenvalue weighted by Gasteiger charge is 2.10. The van der Waals surface area contributed by atoms with E-state index in [-0.39, 0.29) is 0 Å². The van der Waals surface area contributed by atoms with Crippen molar-refractivity contribution in [1.29, 1.82) is 0 Å². The van der Waals surface area contributed by atoms with E-state index in [9.17, 15) is 0 Å². The van der Waals surface area contributed by atoms with Gasteiger partial charge in [-0.25, -0.2) is 5.48 Å². The molecular weight excluding hydrogens is 400 g/mol. The molecule has 0 saturated heterocycles. The Balaban J connectivity index is 0.000000335. The minimum atomic E-state index is 0.518. The Hall–Kier alpha value is -3.02. The number of rotatable bonds is 8.